The van der Waals surface area contributed by atoms with E-state index >= 15 is 0 Å². The minimum absolute atomic E-state index is 0.0940. The van der Waals surface area contributed by atoms with Gasteiger partial charge < -0.3 is 9.47 Å². The first kappa shape index (κ1) is 14.4. The second kappa shape index (κ2) is 6.07. The summed E-state index contributed by atoms with van der Waals surface area (Å²) in [5.74, 6) is 0.300. The molecule has 1 aromatic heterocycles. The molecule has 2 aromatic rings. The molecule has 2 N–H and O–H groups in total. The number of fused-ring (bicyclic) bond motifs is 1. The highest BCUT2D eigenvalue weighted by Crippen LogP contribution is 2.30. The average Bonchev–Trinajstić information content (AvgIpc) is 2.98. The maximum Gasteiger partial charge on any atom is 0.283 e. The van der Waals surface area contributed by atoms with Gasteiger partial charge in [-0.3, -0.25) is 20.4 Å². The number of nitrogens with one attached hydrogen (secondary N) is 2. The Kier molecular flexibility index (Phi) is 3.97. The molecule has 7 heteroatoms. The molecule has 0 saturated carbocycles. The van der Waals surface area contributed by atoms with Gasteiger partial charge in [0.1, 0.15) is 6.61 Å². The van der Waals surface area contributed by atoms with Crippen molar-refractivity contribution in [3.63, 3.8) is 0 Å². The van der Waals surface area contributed by atoms with Crippen LogP contribution in [0.4, 0.5) is 0 Å². The van der Waals surface area contributed by atoms with Crippen LogP contribution in [0.1, 0.15) is 15.2 Å². The number of aryl methyl sites for hydroxylation is 1. The number of carbonyl (C=O) groups excluding carboxylic acids is 2. The van der Waals surface area contributed by atoms with Crippen LogP contribution in [0.5, 0.6) is 11.5 Å². The molecule has 1 aromatic carbocycles. The highest BCUT2D eigenvalue weighted by molar-refractivity contribution is 7.12. The second-order valence-electron chi connectivity index (χ2n) is 4.74. The smallest absolute Gasteiger partial charge is 0.283 e. The molecule has 0 saturated heterocycles. The van der Waals surface area contributed by atoms with Gasteiger partial charge in [-0.05, 0) is 36.1 Å². The quantitative estimate of drug-likeness (QED) is 0.826. The lowest BCUT2D eigenvalue weighted by Crippen LogP contribution is -2.50. The third-order valence-corrected chi connectivity index (χ3v) is 4.18. The molecule has 0 radical (unpaired) electrons. The van der Waals surface area contributed by atoms with Crippen LogP contribution in [-0.2, 0) is 4.79 Å². The predicted octanol–water partition coefficient (Wildman–Crippen LogP) is 1.66. The Balaban J connectivity index is 1.57. The fourth-order valence-corrected chi connectivity index (χ4v) is 2.83. The van der Waals surface area contributed by atoms with Crippen molar-refractivity contribution >= 4 is 23.2 Å². The van der Waals surface area contributed by atoms with E-state index < -0.39 is 12.0 Å². The molecule has 114 valence electrons. The van der Waals surface area contributed by atoms with Gasteiger partial charge in [-0.2, -0.15) is 0 Å². The summed E-state index contributed by atoms with van der Waals surface area (Å²) in [6.45, 7) is 1.93. The second-order valence-corrected chi connectivity index (χ2v) is 5.66. The zero-order chi connectivity index (χ0) is 15.5. The SMILES string of the molecule is Cc1ccsc1C(=O)NNC(=O)[C@H]1COc2ccccc2O1. The van der Waals surface area contributed by atoms with Gasteiger partial charge in [0, 0.05) is 0 Å². The zero-order valence-electron chi connectivity index (χ0n) is 11.8. The molecule has 22 heavy (non-hydrogen) atoms. The number of carbonyl (C=O) groups is 2. The predicted molar refractivity (Wildman–Crippen MR) is 81.0 cm³/mol. The molecule has 0 bridgehead atoms. The first-order valence-electron chi connectivity index (χ1n) is 6.68. The van der Waals surface area contributed by atoms with Crippen LogP contribution in [0.25, 0.3) is 0 Å². The molecule has 6 nitrogen and oxygen atoms in total. The van der Waals surface area contributed by atoms with E-state index in [1.807, 2.05) is 24.4 Å². The minimum atomic E-state index is -0.806. The summed E-state index contributed by atoms with van der Waals surface area (Å²) in [7, 11) is 0. The van der Waals surface area contributed by atoms with Crippen LogP contribution < -0.4 is 20.3 Å². The fourth-order valence-electron chi connectivity index (χ4n) is 2.01. The molecular weight excluding hydrogens is 304 g/mol. The third kappa shape index (κ3) is 2.89. The third-order valence-electron chi connectivity index (χ3n) is 3.17. The molecular formula is C15H14N2O4S. The summed E-state index contributed by atoms with van der Waals surface area (Å²) >= 11 is 1.32. The number of ether oxygens (including phenoxy) is 2. The summed E-state index contributed by atoms with van der Waals surface area (Å²) in [6.07, 6.45) is -0.806. The number of thiophene rings is 1. The van der Waals surface area contributed by atoms with Gasteiger partial charge in [-0.1, -0.05) is 12.1 Å². The van der Waals surface area contributed by atoms with E-state index in [2.05, 4.69) is 10.9 Å². The van der Waals surface area contributed by atoms with Gasteiger partial charge in [0.25, 0.3) is 11.8 Å². The van der Waals surface area contributed by atoms with E-state index in [-0.39, 0.29) is 12.5 Å². The lowest BCUT2D eigenvalue weighted by atomic mass is 10.2. The van der Waals surface area contributed by atoms with Gasteiger partial charge in [0.05, 0.1) is 4.88 Å². The van der Waals surface area contributed by atoms with Crippen molar-refractivity contribution in [1.82, 2.24) is 10.9 Å². The Labute approximate surface area is 131 Å². The Morgan fingerprint density at radius 3 is 2.68 bits per heavy atom. The lowest BCUT2D eigenvalue weighted by Gasteiger charge is -2.25. The van der Waals surface area contributed by atoms with Crippen LogP contribution in [-0.4, -0.2) is 24.5 Å². The topological polar surface area (TPSA) is 76.7 Å². The van der Waals surface area contributed by atoms with Gasteiger partial charge >= 0.3 is 0 Å². The molecule has 1 aliphatic heterocycles. The molecule has 1 aliphatic rings. The summed E-state index contributed by atoms with van der Waals surface area (Å²) in [5, 5.41) is 1.82. The number of hydrazine groups is 1. The summed E-state index contributed by atoms with van der Waals surface area (Å²) in [4.78, 5) is 24.5. The highest BCUT2D eigenvalue weighted by Gasteiger charge is 2.27. The van der Waals surface area contributed by atoms with Gasteiger partial charge in [-0.15, -0.1) is 11.3 Å². The van der Waals surface area contributed by atoms with Crippen LogP contribution >= 0.6 is 11.3 Å². The Bertz CT molecular complexity index is 713. The van der Waals surface area contributed by atoms with E-state index in [0.29, 0.717) is 16.4 Å². The van der Waals surface area contributed by atoms with Gasteiger partial charge in [0.2, 0.25) is 6.10 Å². The molecule has 0 aliphatic carbocycles. The van der Waals surface area contributed by atoms with Crippen molar-refractivity contribution in [2.24, 2.45) is 0 Å². The number of para-hydroxylation sites is 2. The van der Waals surface area contributed by atoms with E-state index in [4.69, 9.17) is 9.47 Å². The summed E-state index contributed by atoms with van der Waals surface area (Å²) in [6, 6.07) is 8.96. The van der Waals surface area contributed by atoms with E-state index in [9.17, 15) is 9.59 Å². The van der Waals surface area contributed by atoms with Crippen molar-refractivity contribution in [2.45, 2.75) is 13.0 Å². The van der Waals surface area contributed by atoms with Crippen molar-refractivity contribution in [3.05, 3.63) is 46.2 Å². The summed E-state index contributed by atoms with van der Waals surface area (Å²) < 4.78 is 11.0. The van der Waals surface area contributed by atoms with E-state index in [1.165, 1.54) is 11.3 Å². The fraction of sp³-hybridized carbons (Fsp3) is 0.200. The number of amides is 2. The van der Waals surface area contributed by atoms with Crippen molar-refractivity contribution in [2.75, 3.05) is 6.61 Å². The van der Waals surface area contributed by atoms with Crippen molar-refractivity contribution in [3.8, 4) is 11.5 Å². The van der Waals surface area contributed by atoms with E-state index in [1.54, 1.807) is 18.2 Å². The monoisotopic (exact) mass is 318 g/mol. The van der Waals surface area contributed by atoms with Crippen LogP contribution in [0.3, 0.4) is 0 Å². The Hall–Kier alpha value is -2.54. The Morgan fingerprint density at radius 2 is 1.95 bits per heavy atom. The molecule has 2 heterocycles. The van der Waals surface area contributed by atoms with Crippen molar-refractivity contribution in [1.29, 1.82) is 0 Å². The molecule has 0 spiro atoms. The number of rotatable bonds is 2. The normalized spacial score (nSPS) is 16.0. The molecule has 0 unspecified atom stereocenters. The maximum absolute atomic E-state index is 12.0. The molecule has 3 rings (SSSR count). The zero-order valence-corrected chi connectivity index (χ0v) is 12.6. The largest absolute Gasteiger partial charge is 0.485 e. The standard InChI is InChI=1S/C15H14N2O4S/c1-9-6-7-22-13(9)15(19)17-16-14(18)12-8-20-10-4-2-3-5-11(10)21-12/h2-7,12H,8H2,1H3,(H,16,18)(H,17,19)/t12-/m1/s1. The van der Waals surface area contributed by atoms with E-state index in [0.717, 1.165) is 5.56 Å². The number of hydrogen-bond donors (Lipinski definition) is 2. The molecule has 2 amide bonds. The lowest BCUT2D eigenvalue weighted by molar-refractivity contribution is -0.131. The van der Waals surface area contributed by atoms with Crippen LogP contribution in [0, 0.1) is 6.92 Å². The van der Waals surface area contributed by atoms with Crippen molar-refractivity contribution < 1.29 is 19.1 Å². The summed E-state index contributed by atoms with van der Waals surface area (Å²) in [5.41, 5.74) is 5.61. The van der Waals surface area contributed by atoms with Crippen LogP contribution in [0.15, 0.2) is 35.7 Å². The number of hydrogen-bond acceptors (Lipinski definition) is 5. The van der Waals surface area contributed by atoms with Gasteiger partial charge in [0.15, 0.2) is 11.5 Å². The minimum Gasteiger partial charge on any atom is -0.485 e. The van der Waals surface area contributed by atoms with Gasteiger partial charge in [-0.25, -0.2) is 0 Å². The Morgan fingerprint density at radius 1 is 1.18 bits per heavy atom. The maximum atomic E-state index is 12.0. The highest BCUT2D eigenvalue weighted by atomic mass is 32.1. The number of benzene rings is 1. The van der Waals surface area contributed by atoms with Crippen LogP contribution in [0.2, 0.25) is 0 Å². The average molecular weight is 318 g/mol. The first-order valence-corrected chi connectivity index (χ1v) is 7.56. The molecule has 1 atom stereocenters. The first-order chi connectivity index (χ1) is 10.6. The molecule has 0 fully saturated rings.